The number of benzene rings is 1. The van der Waals surface area contributed by atoms with Crippen LogP contribution >= 0.6 is 11.6 Å². The van der Waals surface area contributed by atoms with Crippen LogP contribution in [0.25, 0.3) is 5.69 Å². The van der Waals surface area contributed by atoms with Gasteiger partial charge in [0.2, 0.25) is 0 Å². The van der Waals surface area contributed by atoms with Gasteiger partial charge in [0.15, 0.2) is 0 Å². The van der Waals surface area contributed by atoms with Crippen LogP contribution in [0.3, 0.4) is 0 Å². The van der Waals surface area contributed by atoms with E-state index in [2.05, 4.69) is 5.10 Å². The van der Waals surface area contributed by atoms with Crippen molar-refractivity contribution in [2.45, 2.75) is 6.92 Å². The first kappa shape index (κ1) is 9.86. The highest BCUT2D eigenvalue weighted by Crippen LogP contribution is 2.19. The lowest BCUT2D eigenvalue weighted by molar-refractivity contribution is 0.873. The average molecular weight is 224 g/mol. The summed E-state index contributed by atoms with van der Waals surface area (Å²) in [6.07, 6.45) is 0. The Morgan fingerprint density at radius 1 is 1.40 bits per heavy atom. The zero-order valence-electron chi connectivity index (χ0n) is 8.12. The molecule has 0 atom stereocenters. The maximum Gasteiger partial charge on any atom is 0.266 e. The van der Waals surface area contributed by atoms with Gasteiger partial charge in [0.1, 0.15) is 5.82 Å². The summed E-state index contributed by atoms with van der Waals surface area (Å²) in [6, 6.07) is 6.79. The molecule has 0 fully saturated rings. The van der Waals surface area contributed by atoms with Gasteiger partial charge in [-0.2, -0.15) is 0 Å². The summed E-state index contributed by atoms with van der Waals surface area (Å²) in [6.45, 7) is 1.91. The second kappa shape index (κ2) is 3.47. The molecule has 1 aromatic heterocycles. The highest BCUT2D eigenvalue weighted by Gasteiger charge is 2.04. The van der Waals surface area contributed by atoms with Crippen LogP contribution in [0.1, 0.15) is 5.56 Å². The Balaban J connectivity index is 2.59. The van der Waals surface area contributed by atoms with E-state index in [1.165, 1.54) is 10.7 Å². The summed E-state index contributed by atoms with van der Waals surface area (Å²) < 4.78 is 1.49. The van der Waals surface area contributed by atoms with Crippen molar-refractivity contribution in [1.82, 2.24) is 9.78 Å². The Labute approximate surface area is 91.3 Å². The first-order valence-corrected chi connectivity index (χ1v) is 4.80. The summed E-state index contributed by atoms with van der Waals surface area (Å²) in [7, 11) is 0. The second-order valence-corrected chi connectivity index (χ2v) is 3.72. The van der Waals surface area contributed by atoms with Gasteiger partial charge < -0.3 is 5.73 Å². The molecule has 5 heteroatoms. The fraction of sp³-hybridized carbons (Fsp3) is 0.100. The largest absolute Gasteiger partial charge is 0.384 e. The highest BCUT2D eigenvalue weighted by atomic mass is 35.5. The van der Waals surface area contributed by atoms with E-state index < -0.39 is 0 Å². The molecule has 0 amide bonds. The summed E-state index contributed by atoms with van der Waals surface area (Å²) in [4.78, 5) is 11.0. The van der Waals surface area contributed by atoms with E-state index in [0.29, 0.717) is 10.8 Å². The zero-order chi connectivity index (χ0) is 11.0. The number of nitrogens with zero attached hydrogens (tertiary/aromatic N) is 1. The summed E-state index contributed by atoms with van der Waals surface area (Å²) in [5.74, 6) is 0.361. The standard InChI is InChI=1S/C10H10ClN3O/c1-6-2-3-7(4-8(6)11)14-9(12)5-10(15)13-14/h2-5H,12H2,1H3,(H,13,15). The van der Waals surface area contributed by atoms with Gasteiger partial charge in [0.25, 0.3) is 5.56 Å². The number of aromatic nitrogens is 2. The first-order valence-electron chi connectivity index (χ1n) is 4.42. The lowest BCUT2D eigenvalue weighted by Gasteiger charge is -2.06. The van der Waals surface area contributed by atoms with Gasteiger partial charge in [0, 0.05) is 11.1 Å². The smallest absolute Gasteiger partial charge is 0.266 e. The number of nitrogens with two attached hydrogens (primary N) is 1. The molecule has 0 aliphatic heterocycles. The van der Waals surface area contributed by atoms with Crippen LogP contribution < -0.4 is 11.3 Å². The van der Waals surface area contributed by atoms with Crippen molar-refractivity contribution in [2.24, 2.45) is 0 Å². The van der Waals surface area contributed by atoms with Gasteiger partial charge in [-0.15, -0.1) is 0 Å². The Bertz CT molecular complexity index is 556. The molecule has 2 aromatic rings. The number of aryl methyl sites for hydroxylation is 1. The quantitative estimate of drug-likeness (QED) is 0.773. The van der Waals surface area contributed by atoms with E-state index in [4.69, 9.17) is 17.3 Å². The number of nitrogens with one attached hydrogen (secondary N) is 1. The number of H-pyrrole nitrogens is 1. The molecule has 0 aliphatic rings. The van der Waals surface area contributed by atoms with Gasteiger partial charge >= 0.3 is 0 Å². The normalized spacial score (nSPS) is 10.5. The van der Waals surface area contributed by atoms with Crippen molar-refractivity contribution in [3.05, 3.63) is 45.2 Å². The van der Waals surface area contributed by atoms with Crippen LogP contribution in [0.15, 0.2) is 29.1 Å². The van der Waals surface area contributed by atoms with Gasteiger partial charge in [-0.3, -0.25) is 9.89 Å². The van der Waals surface area contributed by atoms with Crippen LogP contribution in [-0.2, 0) is 0 Å². The number of rotatable bonds is 1. The topological polar surface area (TPSA) is 63.8 Å². The molecule has 1 heterocycles. The van der Waals surface area contributed by atoms with E-state index in [0.717, 1.165) is 11.3 Å². The van der Waals surface area contributed by atoms with Crippen LogP contribution in [-0.4, -0.2) is 9.78 Å². The number of anilines is 1. The Hall–Kier alpha value is -1.68. The summed E-state index contributed by atoms with van der Waals surface area (Å²) in [5.41, 5.74) is 7.14. The summed E-state index contributed by atoms with van der Waals surface area (Å²) in [5, 5.41) is 3.22. The van der Waals surface area contributed by atoms with Crippen LogP contribution in [0, 0.1) is 6.92 Å². The Kier molecular flexibility index (Phi) is 2.28. The van der Waals surface area contributed by atoms with Crippen LogP contribution in [0.4, 0.5) is 5.82 Å². The second-order valence-electron chi connectivity index (χ2n) is 3.31. The van der Waals surface area contributed by atoms with Gasteiger partial charge in [0.05, 0.1) is 5.69 Å². The molecule has 0 bridgehead atoms. The number of halogens is 1. The summed E-state index contributed by atoms with van der Waals surface area (Å²) >= 11 is 5.98. The van der Waals surface area contributed by atoms with E-state index in [1.807, 2.05) is 19.1 Å². The molecule has 0 aliphatic carbocycles. The Morgan fingerprint density at radius 3 is 2.67 bits per heavy atom. The minimum Gasteiger partial charge on any atom is -0.384 e. The third kappa shape index (κ3) is 1.76. The van der Waals surface area contributed by atoms with Gasteiger partial charge in [-0.05, 0) is 24.6 Å². The molecule has 0 radical (unpaired) electrons. The number of nitrogen functional groups attached to an aromatic ring is 1. The molecule has 15 heavy (non-hydrogen) atoms. The lowest BCUT2D eigenvalue weighted by atomic mass is 10.2. The van der Waals surface area contributed by atoms with Crippen molar-refractivity contribution in [3.63, 3.8) is 0 Å². The molecule has 0 saturated heterocycles. The molecule has 0 spiro atoms. The minimum absolute atomic E-state index is 0.232. The minimum atomic E-state index is -0.232. The molecule has 1 aromatic carbocycles. The predicted octanol–water partition coefficient (Wildman–Crippen LogP) is 1.71. The molecule has 4 nitrogen and oxygen atoms in total. The van der Waals surface area contributed by atoms with Crippen molar-refractivity contribution >= 4 is 17.4 Å². The number of aromatic amines is 1. The monoisotopic (exact) mass is 223 g/mol. The van der Waals surface area contributed by atoms with Crippen molar-refractivity contribution in [3.8, 4) is 5.69 Å². The van der Waals surface area contributed by atoms with Gasteiger partial charge in [-0.25, -0.2) is 4.68 Å². The fourth-order valence-corrected chi connectivity index (χ4v) is 1.52. The molecular formula is C10H10ClN3O. The lowest BCUT2D eigenvalue weighted by Crippen LogP contribution is -2.05. The zero-order valence-corrected chi connectivity index (χ0v) is 8.88. The molecule has 0 saturated carbocycles. The van der Waals surface area contributed by atoms with Crippen molar-refractivity contribution in [2.75, 3.05) is 5.73 Å². The predicted molar refractivity (Wildman–Crippen MR) is 60.5 cm³/mol. The van der Waals surface area contributed by atoms with Crippen molar-refractivity contribution in [1.29, 1.82) is 0 Å². The van der Waals surface area contributed by atoms with Crippen molar-refractivity contribution < 1.29 is 0 Å². The van der Waals surface area contributed by atoms with Gasteiger partial charge in [-0.1, -0.05) is 17.7 Å². The SMILES string of the molecule is Cc1ccc(-n2[nH]c(=O)cc2N)cc1Cl. The molecule has 2 rings (SSSR count). The average Bonchev–Trinajstić information content (AvgIpc) is 2.50. The van der Waals surface area contributed by atoms with Crippen LogP contribution in [0.5, 0.6) is 0 Å². The van der Waals surface area contributed by atoms with E-state index >= 15 is 0 Å². The first-order chi connectivity index (χ1) is 7.08. The molecule has 0 unspecified atom stereocenters. The van der Waals surface area contributed by atoms with E-state index in [-0.39, 0.29) is 5.56 Å². The third-order valence-corrected chi connectivity index (χ3v) is 2.58. The molecule has 3 N–H and O–H groups in total. The van der Waals surface area contributed by atoms with E-state index in [1.54, 1.807) is 6.07 Å². The molecule has 78 valence electrons. The fourth-order valence-electron chi connectivity index (χ4n) is 1.34. The third-order valence-electron chi connectivity index (χ3n) is 2.17. The maximum absolute atomic E-state index is 11.0. The van der Waals surface area contributed by atoms with E-state index in [9.17, 15) is 4.79 Å². The number of hydrogen-bond acceptors (Lipinski definition) is 2. The maximum atomic E-state index is 11.0. The Morgan fingerprint density at radius 2 is 2.13 bits per heavy atom. The van der Waals surface area contributed by atoms with Crippen LogP contribution in [0.2, 0.25) is 5.02 Å². The highest BCUT2D eigenvalue weighted by molar-refractivity contribution is 6.31. The number of hydrogen-bond donors (Lipinski definition) is 2. The molecular weight excluding hydrogens is 214 g/mol.